The molecule has 9 aromatic carbocycles. The van der Waals surface area contributed by atoms with Crippen molar-refractivity contribution in [2.45, 2.75) is 24.7 Å². The average molecular weight is 812 g/mol. The summed E-state index contributed by atoms with van der Waals surface area (Å²) in [5.41, 5.74) is 19.0. The molecule has 2 aromatic heterocycles. The van der Waals surface area contributed by atoms with Crippen LogP contribution in [0, 0.1) is 0 Å². The molecule has 11 aromatic rings. The van der Waals surface area contributed by atoms with Gasteiger partial charge in [0.15, 0.2) is 0 Å². The second-order valence-corrected chi connectivity index (χ2v) is 19.7. The van der Waals surface area contributed by atoms with E-state index in [0.717, 1.165) is 5.69 Å². The van der Waals surface area contributed by atoms with Crippen molar-refractivity contribution < 1.29 is 0 Å². The van der Waals surface area contributed by atoms with Gasteiger partial charge in [-0.1, -0.05) is 153 Å². The molecule has 0 amide bonds. The molecule has 3 aliphatic rings. The molecule has 1 spiro atoms. The van der Waals surface area contributed by atoms with E-state index in [4.69, 9.17) is 0 Å². The summed E-state index contributed by atoms with van der Waals surface area (Å²) in [5.74, 6) is 0. The van der Waals surface area contributed by atoms with Gasteiger partial charge in [0.2, 0.25) is 0 Å². The zero-order valence-electron chi connectivity index (χ0n) is 33.7. The molecule has 3 aliphatic carbocycles. The van der Waals surface area contributed by atoms with Crippen molar-refractivity contribution in [1.29, 1.82) is 0 Å². The minimum Gasteiger partial charge on any atom is -0.310 e. The zero-order chi connectivity index (χ0) is 40.2. The van der Waals surface area contributed by atoms with E-state index in [9.17, 15) is 0 Å². The Bertz CT molecular complexity index is 3710. The molecule has 1 atom stereocenters. The molecule has 0 saturated heterocycles. The first-order chi connectivity index (χ1) is 30.0. The Balaban J connectivity index is 1.10. The third kappa shape index (κ3) is 4.25. The number of nitrogens with zero attached hydrogens (tertiary/aromatic N) is 1. The van der Waals surface area contributed by atoms with Crippen LogP contribution in [0.2, 0.25) is 0 Å². The molecule has 2 heterocycles. The lowest BCUT2D eigenvalue weighted by atomic mass is 9.70. The monoisotopic (exact) mass is 811 g/mol. The van der Waals surface area contributed by atoms with Crippen molar-refractivity contribution in [2.75, 3.05) is 4.90 Å². The van der Waals surface area contributed by atoms with Crippen LogP contribution in [0.3, 0.4) is 0 Å². The maximum atomic E-state index is 2.59. The lowest BCUT2D eigenvalue weighted by molar-refractivity contribution is 0.660. The van der Waals surface area contributed by atoms with Crippen LogP contribution in [-0.4, -0.2) is 0 Å². The highest BCUT2D eigenvalue weighted by atomic mass is 32.1. The van der Waals surface area contributed by atoms with Crippen molar-refractivity contribution in [3.05, 3.63) is 221 Å². The molecule has 0 fully saturated rings. The Morgan fingerprint density at radius 2 is 0.951 bits per heavy atom. The normalized spacial score (nSPS) is 16.2. The van der Waals surface area contributed by atoms with Gasteiger partial charge in [-0.15, -0.1) is 22.7 Å². The number of anilines is 3. The number of hydrogen-bond donors (Lipinski definition) is 0. The van der Waals surface area contributed by atoms with Crippen LogP contribution in [0.15, 0.2) is 188 Å². The predicted molar refractivity (Wildman–Crippen MR) is 261 cm³/mol. The van der Waals surface area contributed by atoms with Crippen molar-refractivity contribution in [2.24, 2.45) is 0 Å². The summed E-state index contributed by atoms with van der Waals surface area (Å²) >= 11 is 3.82. The number of hydrogen-bond acceptors (Lipinski definition) is 3. The van der Waals surface area contributed by atoms with Gasteiger partial charge in [-0.2, -0.15) is 0 Å². The van der Waals surface area contributed by atoms with Gasteiger partial charge in [0.1, 0.15) is 0 Å². The standard InChI is InChI=1S/C58H37NS2/c1-57(2)45-20-8-3-14-36(45)38-28-26-35(33-49(38)57)59(34-27-31-53-44(32-34)40-17-7-11-24-51(40)60-53)50-23-13-19-41-37-15-4-9-21-46(37)58(55(41)50)47-22-10-5-18-43(47)54-48(58)30-29-42-39-16-6-12-25-52(39)61-56(42)54/h3-33H,1-2H3. The smallest absolute Gasteiger partial charge is 0.0746 e. The molecular formula is C58H37NS2. The Kier molecular flexibility index (Phi) is 6.66. The van der Waals surface area contributed by atoms with E-state index in [1.54, 1.807) is 0 Å². The Labute approximate surface area is 362 Å². The molecule has 0 radical (unpaired) electrons. The predicted octanol–water partition coefficient (Wildman–Crippen LogP) is 16.5. The van der Waals surface area contributed by atoms with Crippen LogP contribution < -0.4 is 4.90 Å². The third-order valence-corrected chi connectivity index (χ3v) is 16.6. The molecule has 286 valence electrons. The summed E-state index contributed by atoms with van der Waals surface area (Å²) in [5, 5.41) is 5.28. The van der Waals surface area contributed by atoms with Crippen molar-refractivity contribution in [1.82, 2.24) is 0 Å². The van der Waals surface area contributed by atoms with Gasteiger partial charge in [0.05, 0.1) is 11.1 Å². The van der Waals surface area contributed by atoms with E-state index < -0.39 is 5.41 Å². The molecule has 61 heavy (non-hydrogen) atoms. The maximum Gasteiger partial charge on any atom is 0.0746 e. The van der Waals surface area contributed by atoms with E-state index >= 15 is 0 Å². The summed E-state index contributed by atoms with van der Waals surface area (Å²) in [7, 11) is 0. The van der Waals surface area contributed by atoms with E-state index in [0.29, 0.717) is 0 Å². The lowest BCUT2D eigenvalue weighted by Crippen LogP contribution is -2.28. The van der Waals surface area contributed by atoms with Crippen LogP contribution in [0.5, 0.6) is 0 Å². The Morgan fingerprint density at radius 1 is 0.377 bits per heavy atom. The molecule has 1 nitrogen and oxygen atoms in total. The van der Waals surface area contributed by atoms with Crippen molar-refractivity contribution in [3.8, 4) is 33.4 Å². The molecule has 1 unspecified atom stereocenters. The molecule has 0 aliphatic heterocycles. The fourth-order valence-corrected chi connectivity index (χ4v) is 14.1. The topological polar surface area (TPSA) is 3.24 Å². The highest BCUT2D eigenvalue weighted by molar-refractivity contribution is 7.26. The van der Waals surface area contributed by atoms with Crippen molar-refractivity contribution in [3.63, 3.8) is 0 Å². The average Bonchev–Trinajstić information content (AvgIpc) is 4.08. The second-order valence-electron chi connectivity index (χ2n) is 17.5. The van der Waals surface area contributed by atoms with E-state index in [1.165, 1.54) is 118 Å². The van der Waals surface area contributed by atoms with E-state index in [2.05, 4.69) is 207 Å². The first kappa shape index (κ1) is 34.0. The quantitative estimate of drug-likeness (QED) is 0.172. The summed E-state index contributed by atoms with van der Waals surface area (Å²) in [6.07, 6.45) is 0. The van der Waals surface area contributed by atoms with E-state index in [-0.39, 0.29) is 5.41 Å². The Morgan fingerprint density at radius 3 is 1.75 bits per heavy atom. The minimum atomic E-state index is -0.539. The van der Waals surface area contributed by atoms with Crippen LogP contribution in [0.25, 0.3) is 73.7 Å². The van der Waals surface area contributed by atoms with Gasteiger partial charge in [0.25, 0.3) is 0 Å². The van der Waals surface area contributed by atoms with Crippen LogP contribution >= 0.6 is 22.7 Å². The van der Waals surface area contributed by atoms with Gasteiger partial charge in [-0.25, -0.2) is 0 Å². The molecule has 3 heteroatoms. The summed E-state index contributed by atoms with van der Waals surface area (Å²) in [4.78, 5) is 2.59. The molecule has 0 N–H and O–H groups in total. The highest BCUT2D eigenvalue weighted by Gasteiger charge is 2.54. The number of thiophene rings is 2. The van der Waals surface area contributed by atoms with Crippen molar-refractivity contribution >= 4 is 80.1 Å². The second kappa shape index (κ2) is 11.9. The zero-order valence-corrected chi connectivity index (χ0v) is 35.3. The van der Waals surface area contributed by atoms with Crippen LogP contribution in [-0.2, 0) is 10.8 Å². The number of fused-ring (bicyclic) bond motifs is 20. The first-order valence-electron chi connectivity index (χ1n) is 21.3. The lowest BCUT2D eigenvalue weighted by Gasteiger charge is -2.36. The molecule has 0 saturated carbocycles. The van der Waals surface area contributed by atoms with Gasteiger partial charge in [0, 0.05) is 68.3 Å². The SMILES string of the molecule is CC1(C)c2ccccc2-c2ccc(N(c3ccc4sc5ccccc5c4c3)c3cccc4c3C3(c5ccccc5-4)c4ccccc4-c4c3ccc3c4sc4ccccc43)cc21. The fourth-order valence-electron chi connectivity index (χ4n) is 11.7. The van der Waals surface area contributed by atoms with Gasteiger partial charge < -0.3 is 4.90 Å². The van der Waals surface area contributed by atoms with Crippen LogP contribution in [0.4, 0.5) is 17.1 Å². The van der Waals surface area contributed by atoms with Gasteiger partial charge in [-0.3, -0.25) is 0 Å². The number of rotatable bonds is 3. The number of benzene rings is 9. The first-order valence-corrected chi connectivity index (χ1v) is 22.9. The van der Waals surface area contributed by atoms with Crippen LogP contribution in [0.1, 0.15) is 47.2 Å². The summed E-state index contributed by atoms with van der Waals surface area (Å²) in [6.45, 7) is 4.78. The fraction of sp³-hybridized carbons (Fsp3) is 0.0690. The molecule has 0 bridgehead atoms. The maximum absolute atomic E-state index is 2.59. The van der Waals surface area contributed by atoms with Gasteiger partial charge in [-0.05, 0) is 104 Å². The summed E-state index contributed by atoms with van der Waals surface area (Å²) in [6, 6.07) is 71.6. The molecule has 14 rings (SSSR count). The van der Waals surface area contributed by atoms with E-state index in [1.807, 2.05) is 22.7 Å². The minimum absolute atomic E-state index is 0.143. The highest BCUT2D eigenvalue weighted by Crippen LogP contribution is 2.67. The Hall–Kier alpha value is -6.78. The largest absolute Gasteiger partial charge is 0.310 e. The summed E-state index contributed by atoms with van der Waals surface area (Å²) < 4.78 is 5.34. The third-order valence-electron chi connectivity index (χ3n) is 14.3. The van der Waals surface area contributed by atoms with Gasteiger partial charge >= 0.3 is 0 Å². The molecular weight excluding hydrogens is 775 g/mol.